The van der Waals surface area contributed by atoms with E-state index in [-0.39, 0.29) is 23.9 Å². The van der Waals surface area contributed by atoms with Crippen LogP contribution in [0.3, 0.4) is 0 Å². The van der Waals surface area contributed by atoms with Crippen molar-refractivity contribution in [3.8, 4) is 0 Å². The van der Waals surface area contributed by atoms with Crippen molar-refractivity contribution >= 4 is 27.5 Å². The molecule has 0 spiro atoms. The number of primary amides is 1. The summed E-state index contributed by atoms with van der Waals surface area (Å²) in [5.74, 6) is -0.0911. The Kier molecular flexibility index (Phi) is 3.77. The van der Waals surface area contributed by atoms with Crippen LogP contribution >= 0.6 is 0 Å². The van der Waals surface area contributed by atoms with E-state index in [1.165, 1.54) is 4.40 Å². The Balaban J connectivity index is 2.23. The maximum Gasteiger partial charge on any atom is 0.312 e. The summed E-state index contributed by atoms with van der Waals surface area (Å²) < 4.78 is 28.0. The molecule has 0 saturated heterocycles. The fourth-order valence-corrected chi connectivity index (χ4v) is 2.94. The summed E-state index contributed by atoms with van der Waals surface area (Å²) in [5, 5.41) is 2.14. The van der Waals surface area contributed by atoms with Crippen molar-refractivity contribution in [3.63, 3.8) is 0 Å². The third kappa shape index (κ3) is 2.81. The molecule has 0 aliphatic heterocycles. The van der Waals surface area contributed by atoms with Gasteiger partial charge in [0.1, 0.15) is 5.65 Å². The number of nitrogens with two attached hydrogens (primary N) is 2. The van der Waals surface area contributed by atoms with Gasteiger partial charge in [0.15, 0.2) is 10.8 Å². The molecule has 108 valence electrons. The molecule has 2 heterocycles. The van der Waals surface area contributed by atoms with E-state index in [0.717, 1.165) is 0 Å². The Bertz CT molecular complexity index is 739. The van der Waals surface area contributed by atoms with E-state index in [1.807, 2.05) is 0 Å². The molecule has 0 aliphatic carbocycles. The SMILES string of the molecule is NC(=O)NCCNS(=O)(=O)c1c(N)nc2ccccn12. The van der Waals surface area contributed by atoms with Crippen molar-refractivity contribution in [1.82, 2.24) is 19.4 Å². The van der Waals surface area contributed by atoms with Gasteiger partial charge in [-0.1, -0.05) is 6.07 Å². The van der Waals surface area contributed by atoms with Crippen LogP contribution in [0.15, 0.2) is 29.4 Å². The highest BCUT2D eigenvalue weighted by molar-refractivity contribution is 7.89. The molecule has 6 N–H and O–H groups in total. The number of hydrogen-bond acceptors (Lipinski definition) is 5. The zero-order valence-electron chi connectivity index (χ0n) is 10.4. The van der Waals surface area contributed by atoms with Crippen LogP contribution in [0.2, 0.25) is 0 Å². The highest BCUT2D eigenvalue weighted by Crippen LogP contribution is 2.19. The van der Waals surface area contributed by atoms with Gasteiger partial charge in [-0.15, -0.1) is 0 Å². The molecule has 0 aromatic carbocycles. The number of nitrogen functional groups attached to an aromatic ring is 1. The summed E-state index contributed by atoms with van der Waals surface area (Å²) in [6, 6.07) is 4.31. The van der Waals surface area contributed by atoms with Crippen molar-refractivity contribution in [2.45, 2.75) is 5.03 Å². The second-order valence-corrected chi connectivity index (χ2v) is 5.60. The predicted octanol–water partition coefficient (Wildman–Crippen LogP) is -1.14. The number of amides is 2. The quantitative estimate of drug-likeness (QED) is 0.516. The second-order valence-electron chi connectivity index (χ2n) is 3.92. The van der Waals surface area contributed by atoms with Crippen LogP contribution in [0.4, 0.5) is 10.6 Å². The molecule has 2 amide bonds. The van der Waals surface area contributed by atoms with Crippen molar-refractivity contribution in [2.75, 3.05) is 18.8 Å². The Labute approximate surface area is 115 Å². The van der Waals surface area contributed by atoms with Gasteiger partial charge in [0, 0.05) is 19.3 Å². The molecule has 0 fully saturated rings. The summed E-state index contributed by atoms with van der Waals surface area (Å²) in [5.41, 5.74) is 11.0. The number of hydrogen-bond donors (Lipinski definition) is 4. The molecule has 0 aliphatic rings. The fraction of sp³-hybridized carbons (Fsp3) is 0.200. The van der Waals surface area contributed by atoms with E-state index in [4.69, 9.17) is 11.5 Å². The van der Waals surface area contributed by atoms with Gasteiger partial charge in [0.25, 0.3) is 10.0 Å². The number of aromatic nitrogens is 2. The Morgan fingerprint density at radius 1 is 1.35 bits per heavy atom. The third-order valence-corrected chi connectivity index (χ3v) is 3.98. The van der Waals surface area contributed by atoms with E-state index in [2.05, 4.69) is 15.0 Å². The Morgan fingerprint density at radius 2 is 2.10 bits per heavy atom. The largest absolute Gasteiger partial charge is 0.381 e. The number of nitrogens with zero attached hydrogens (tertiary/aromatic N) is 2. The van der Waals surface area contributed by atoms with Gasteiger partial charge >= 0.3 is 6.03 Å². The minimum absolute atomic E-state index is 0.00915. The van der Waals surface area contributed by atoms with E-state index in [1.54, 1.807) is 24.4 Å². The van der Waals surface area contributed by atoms with E-state index < -0.39 is 16.1 Å². The van der Waals surface area contributed by atoms with Crippen LogP contribution in [0.1, 0.15) is 0 Å². The lowest BCUT2D eigenvalue weighted by molar-refractivity contribution is 0.249. The van der Waals surface area contributed by atoms with Crippen molar-refractivity contribution in [1.29, 1.82) is 0 Å². The number of carbonyl (C=O) groups excluding carboxylic acids is 1. The van der Waals surface area contributed by atoms with Gasteiger partial charge in [-0.2, -0.15) is 0 Å². The molecule has 10 heteroatoms. The molecular weight excluding hydrogens is 284 g/mol. The number of carbonyl (C=O) groups is 1. The van der Waals surface area contributed by atoms with Gasteiger partial charge in [0.05, 0.1) is 0 Å². The average Bonchev–Trinajstić information content (AvgIpc) is 2.71. The summed E-state index contributed by atoms with van der Waals surface area (Å²) in [7, 11) is -3.84. The first kappa shape index (κ1) is 14.1. The van der Waals surface area contributed by atoms with Crippen LogP contribution in [0.5, 0.6) is 0 Å². The van der Waals surface area contributed by atoms with Crippen LogP contribution in [-0.2, 0) is 10.0 Å². The molecule has 9 nitrogen and oxygen atoms in total. The van der Waals surface area contributed by atoms with E-state index >= 15 is 0 Å². The summed E-state index contributed by atoms with van der Waals surface area (Å²) in [6.07, 6.45) is 1.55. The van der Waals surface area contributed by atoms with E-state index in [9.17, 15) is 13.2 Å². The first-order chi connectivity index (χ1) is 9.42. The minimum Gasteiger partial charge on any atom is -0.381 e. The number of pyridine rings is 1. The van der Waals surface area contributed by atoms with Gasteiger partial charge in [-0.3, -0.25) is 4.40 Å². The highest BCUT2D eigenvalue weighted by Gasteiger charge is 2.23. The van der Waals surface area contributed by atoms with Gasteiger partial charge in [-0.25, -0.2) is 22.9 Å². The van der Waals surface area contributed by atoms with Gasteiger partial charge in [-0.05, 0) is 12.1 Å². The molecule has 0 atom stereocenters. The zero-order chi connectivity index (χ0) is 14.8. The number of fused-ring (bicyclic) bond motifs is 1. The number of urea groups is 1. The molecule has 2 aromatic rings. The number of sulfonamides is 1. The molecule has 0 unspecified atom stereocenters. The molecule has 0 saturated carbocycles. The normalized spacial score (nSPS) is 11.6. The second kappa shape index (κ2) is 5.35. The fourth-order valence-electron chi connectivity index (χ4n) is 1.70. The number of anilines is 1. The Hall–Kier alpha value is -2.33. The molecule has 20 heavy (non-hydrogen) atoms. The summed E-state index contributed by atoms with van der Waals surface area (Å²) in [4.78, 5) is 14.4. The lowest BCUT2D eigenvalue weighted by atomic mass is 10.5. The van der Waals surface area contributed by atoms with Crippen LogP contribution in [0.25, 0.3) is 5.65 Å². The first-order valence-electron chi connectivity index (χ1n) is 5.67. The van der Waals surface area contributed by atoms with Gasteiger partial charge < -0.3 is 16.8 Å². The maximum absolute atomic E-state index is 12.2. The predicted molar refractivity (Wildman–Crippen MR) is 72.4 cm³/mol. The molecular formula is C10H14N6O3S. The summed E-state index contributed by atoms with van der Waals surface area (Å²) >= 11 is 0. The standard InChI is InChI=1S/C10H14N6O3S/c11-8-9(16-6-2-1-3-7(16)15-8)20(18,19)14-5-4-13-10(12)17/h1-3,6,14H,4-5,11H2,(H3,12,13,17). The molecule has 2 aromatic heterocycles. The van der Waals surface area contributed by atoms with Crippen LogP contribution in [-0.4, -0.2) is 36.9 Å². The number of imidazole rings is 1. The van der Waals surface area contributed by atoms with Crippen molar-refractivity contribution < 1.29 is 13.2 Å². The van der Waals surface area contributed by atoms with Gasteiger partial charge in [0.2, 0.25) is 0 Å². The Morgan fingerprint density at radius 3 is 2.80 bits per heavy atom. The average molecular weight is 298 g/mol. The third-order valence-electron chi connectivity index (χ3n) is 2.48. The zero-order valence-corrected chi connectivity index (χ0v) is 11.2. The lowest BCUT2D eigenvalue weighted by Gasteiger charge is -2.07. The lowest BCUT2D eigenvalue weighted by Crippen LogP contribution is -2.37. The topological polar surface area (TPSA) is 145 Å². The first-order valence-corrected chi connectivity index (χ1v) is 7.15. The van der Waals surface area contributed by atoms with Crippen molar-refractivity contribution in [3.05, 3.63) is 24.4 Å². The molecule has 0 radical (unpaired) electrons. The van der Waals surface area contributed by atoms with Crippen LogP contribution in [0, 0.1) is 0 Å². The highest BCUT2D eigenvalue weighted by atomic mass is 32.2. The smallest absolute Gasteiger partial charge is 0.312 e. The monoisotopic (exact) mass is 298 g/mol. The van der Waals surface area contributed by atoms with Crippen LogP contribution < -0.4 is 21.5 Å². The maximum atomic E-state index is 12.2. The van der Waals surface area contributed by atoms with Crippen molar-refractivity contribution in [2.24, 2.45) is 5.73 Å². The number of rotatable bonds is 5. The molecule has 2 rings (SSSR count). The number of nitrogens with one attached hydrogen (secondary N) is 2. The molecule has 0 bridgehead atoms. The minimum atomic E-state index is -3.84. The summed E-state index contributed by atoms with van der Waals surface area (Å²) in [6.45, 7) is 0.0655. The van der Waals surface area contributed by atoms with E-state index in [0.29, 0.717) is 5.65 Å².